The molecule has 5 rings (SSSR count). The molecule has 8 heteroatoms. The lowest BCUT2D eigenvalue weighted by atomic mass is 10.00. The largest absolute Gasteiger partial charge is 0.390 e. The molecule has 1 fully saturated rings. The fraction of sp³-hybridized carbons (Fsp3) is 0.448. The first-order chi connectivity index (χ1) is 17.9. The number of fused-ring (bicyclic) bond motifs is 1. The van der Waals surface area contributed by atoms with Crippen LogP contribution in [0.15, 0.2) is 48.5 Å². The van der Waals surface area contributed by atoms with Gasteiger partial charge in [-0.3, -0.25) is 14.4 Å². The number of carbonyl (C=O) groups excluding carboxylic acids is 1. The minimum atomic E-state index is -0.554. The zero-order valence-corrected chi connectivity index (χ0v) is 21.7. The Balaban J connectivity index is 1.28. The molecular formula is C29H36FN5O2. The smallest absolute Gasteiger partial charge is 0.219 e. The summed E-state index contributed by atoms with van der Waals surface area (Å²) in [5.74, 6) is 0.0435. The average Bonchev–Trinajstić information content (AvgIpc) is 3.27. The number of rotatable bonds is 7. The van der Waals surface area contributed by atoms with Gasteiger partial charge in [0.2, 0.25) is 5.91 Å². The number of amides is 1. The van der Waals surface area contributed by atoms with E-state index >= 15 is 0 Å². The van der Waals surface area contributed by atoms with Gasteiger partial charge >= 0.3 is 0 Å². The summed E-state index contributed by atoms with van der Waals surface area (Å²) in [6, 6.07) is 15.8. The van der Waals surface area contributed by atoms with Crippen molar-refractivity contribution in [3.05, 3.63) is 70.9 Å². The summed E-state index contributed by atoms with van der Waals surface area (Å²) in [6.45, 7) is 9.07. The summed E-state index contributed by atoms with van der Waals surface area (Å²) in [5.41, 5.74) is 7.01. The maximum atomic E-state index is 13.0. The summed E-state index contributed by atoms with van der Waals surface area (Å²) >= 11 is 0. The fourth-order valence-electron chi connectivity index (χ4n) is 5.54. The van der Waals surface area contributed by atoms with Crippen LogP contribution in [0.3, 0.4) is 0 Å². The molecule has 1 unspecified atom stereocenters. The van der Waals surface area contributed by atoms with Crippen molar-refractivity contribution in [1.29, 1.82) is 0 Å². The highest BCUT2D eigenvalue weighted by molar-refractivity contribution is 5.74. The Morgan fingerprint density at radius 3 is 2.43 bits per heavy atom. The molecule has 37 heavy (non-hydrogen) atoms. The van der Waals surface area contributed by atoms with Gasteiger partial charge in [-0.1, -0.05) is 42.5 Å². The molecule has 0 saturated carbocycles. The van der Waals surface area contributed by atoms with E-state index in [0.717, 1.165) is 48.7 Å². The van der Waals surface area contributed by atoms with E-state index in [1.54, 1.807) is 19.1 Å². The maximum absolute atomic E-state index is 13.0. The van der Waals surface area contributed by atoms with E-state index in [2.05, 4.69) is 41.0 Å². The summed E-state index contributed by atoms with van der Waals surface area (Å²) in [4.78, 5) is 18.7. The molecule has 1 amide bonds. The van der Waals surface area contributed by atoms with Crippen molar-refractivity contribution in [3.8, 4) is 11.3 Å². The monoisotopic (exact) mass is 505 g/mol. The maximum Gasteiger partial charge on any atom is 0.219 e. The van der Waals surface area contributed by atoms with Crippen molar-refractivity contribution in [2.45, 2.75) is 46.1 Å². The van der Waals surface area contributed by atoms with Gasteiger partial charge in [-0.2, -0.15) is 5.10 Å². The molecule has 2 aromatic carbocycles. The number of para-hydroxylation sites is 1. The van der Waals surface area contributed by atoms with Gasteiger partial charge in [0, 0.05) is 81.7 Å². The molecule has 3 heterocycles. The lowest BCUT2D eigenvalue weighted by Crippen LogP contribution is -2.49. The zero-order valence-electron chi connectivity index (χ0n) is 21.7. The highest BCUT2D eigenvalue weighted by atomic mass is 19.1. The third-order valence-corrected chi connectivity index (χ3v) is 7.64. The number of carbonyl (C=O) groups is 1. The SMILES string of the molecule is CC(=O)N1CCc2c(c(-c3ccc(CF)cc3)nn2CC(O)CN2CCN(c3ccccc3C)CC2)C1. The first-order valence-corrected chi connectivity index (χ1v) is 13.1. The first kappa shape index (κ1) is 25.4. The van der Waals surface area contributed by atoms with Crippen molar-refractivity contribution in [2.75, 3.05) is 44.2 Å². The predicted molar refractivity (Wildman–Crippen MR) is 143 cm³/mol. The number of piperazine rings is 1. The molecule has 2 aliphatic heterocycles. The Morgan fingerprint density at radius 1 is 1.03 bits per heavy atom. The molecule has 3 aromatic rings. The molecule has 1 atom stereocenters. The van der Waals surface area contributed by atoms with Gasteiger partial charge < -0.3 is 14.9 Å². The second-order valence-corrected chi connectivity index (χ2v) is 10.2. The van der Waals surface area contributed by atoms with Crippen LogP contribution in [-0.4, -0.2) is 76.0 Å². The highest BCUT2D eigenvalue weighted by Crippen LogP contribution is 2.31. The van der Waals surface area contributed by atoms with E-state index in [0.29, 0.717) is 38.2 Å². The number of aryl methyl sites for hydroxylation is 1. The molecule has 1 saturated heterocycles. The van der Waals surface area contributed by atoms with Gasteiger partial charge in [0.15, 0.2) is 0 Å². The Hall–Kier alpha value is -3.23. The number of aromatic nitrogens is 2. The highest BCUT2D eigenvalue weighted by Gasteiger charge is 2.28. The van der Waals surface area contributed by atoms with Crippen molar-refractivity contribution in [1.82, 2.24) is 19.6 Å². The minimum absolute atomic E-state index is 0.0435. The number of halogens is 1. The van der Waals surface area contributed by atoms with E-state index < -0.39 is 12.8 Å². The number of nitrogens with zero attached hydrogens (tertiary/aromatic N) is 5. The fourth-order valence-corrected chi connectivity index (χ4v) is 5.54. The van der Waals surface area contributed by atoms with Crippen molar-refractivity contribution < 1.29 is 14.3 Å². The third-order valence-electron chi connectivity index (χ3n) is 7.64. The molecule has 196 valence electrons. The first-order valence-electron chi connectivity index (χ1n) is 13.1. The predicted octanol–water partition coefficient (Wildman–Crippen LogP) is 3.42. The Kier molecular flexibility index (Phi) is 7.58. The Bertz CT molecular complexity index is 1230. The molecule has 0 spiro atoms. The van der Waals surface area contributed by atoms with E-state index in [9.17, 15) is 14.3 Å². The van der Waals surface area contributed by atoms with Crippen LogP contribution >= 0.6 is 0 Å². The molecule has 1 aromatic heterocycles. The summed E-state index contributed by atoms with van der Waals surface area (Å²) in [5, 5.41) is 16.0. The summed E-state index contributed by atoms with van der Waals surface area (Å²) < 4.78 is 15.0. The number of β-amino-alcohol motifs (C(OH)–C–C–N with tert-alkyl or cyclic N) is 1. The number of anilines is 1. The molecular weight excluding hydrogens is 469 g/mol. The normalized spacial score (nSPS) is 17.1. The van der Waals surface area contributed by atoms with Gasteiger partial charge in [-0.15, -0.1) is 0 Å². The molecule has 7 nitrogen and oxygen atoms in total. The van der Waals surface area contributed by atoms with Crippen LogP contribution < -0.4 is 4.90 Å². The third kappa shape index (κ3) is 5.55. The van der Waals surface area contributed by atoms with E-state index in [1.807, 2.05) is 21.7 Å². The number of hydrogen-bond donors (Lipinski definition) is 1. The van der Waals surface area contributed by atoms with Crippen molar-refractivity contribution in [2.24, 2.45) is 0 Å². The van der Waals surface area contributed by atoms with Crippen molar-refractivity contribution in [3.63, 3.8) is 0 Å². The lowest BCUT2D eigenvalue weighted by molar-refractivity contribution is -0.129. The van der Waals surface area contributed by atoms with Gasteiger partial charge in [0.25, 0.3) is 0 Å². The van der Waals surface area contributed by atoms with Crippen molar-refractivity contribution >= 4 is 11.6 Å². The van der Waals surface area contributed by atoms with Gasteiger partial charge in [0.1, 0.15) is 6.67 Å². The van der Waals surface area contributed by atoms with Crippen LogP contribution in [0.2, 0.25) is 0 Å². The number of hydrogen-bond acceptors (Lipinski definition) is 5. The molecule has 0 bridgehead atoms. The second kappa shape index (κ2) is 11.0. The number of alkyl halides is 1. The summed E-state index contributed by atoms with van der Waals surface area (Å²) in [7, 11) is 0. The van der Waals surface area contributed by atoms with E-state index in [1.165, 1.54) is 11.3 Å². The average molecular weight is 506 g/mol. The number of aliphatic hydroxyl groups is 1. The van der Waals surface area contributed by atoms with Crippen LogP contribution in [0, 0.1) is 6.92 Å². The Labute approximate surface area is 218 Å². The van der Waals surface area contributed by atoms with Crippen LogP contribution in [0.1, 0.15) is 29.3 Å². The molecule has 2 aliphatic rings. The quantitative estimate of drug-likeness (QED) is 0.533. The minimum Gasteiger partial charge on any atom is -0.390 e. The van der Waals surface area contributed by atoms with Crippen LogP contribution in [0.5, 0.6) is 0 Å². The molecule has 1 N–H and O–H groups in total. The van der Waals surface area contributed by atoms with E-state index in [4.69, 9.17) is 5.10 Å². The Morgan fingerprint density at radius 2 is 1.76 bits per heavy atom. The molecule has 0 radical (unpaired) electrons. The van der Waals surface area contributed by atoms with E-state index in [-0.39, 0.29) is 5.91 Å². The molecule has 0 aliphatic carbocycles. The zero-order chi connectivity index (χ0) is 25.9. The van der Waals surface area contributed by atoms with Crippen LogP contribution in [0.4, 0.5) is 10.1 Å². The van der Waals surface area contributed by atoms with Crippen LogP contribution in [0.25, 0.3) is 11.3 Å². The number of aliphatic hydroxyl groups excluding tert-OH is 1. The van der Waals surface area contributed by atoms with Gasteiger partial charge in [0.05, 0.1) is 18.3 Å². The topological polar surface area (TPSA) is 64.8 Å². The second-order valence-electron chi connectivity index (χ2n) is 10.2. The summed E-state index contributed by atoms with van der Waals surface area (Å²) in [6.07, 6.45) is 0.147. The van der Waals surface area contributed by atoms with Crippen LogP contribution in [-0.2, 0) is 31.0 Å². The number of benzene rings is 2. The standard InChI is InChI=1S/C29H36FN5O2/c1-21-5-3-4-6-27(21)33-15-13-32(14-16-33)18-25(37)19-35-28-11-12-34(22(2)36)20-26(28)29(31-35)24-9-7-23(17-30)8-10-24/h3-10,25,37H,11-20H2,1-2H3. The van der Waals surface area contributed by atoms with Gasteiger partial charge in [-0.05, 0) is 24.1 Å². The lowest BCUT2D eigenvalue weighted by Gasteiger charge is -2.37. The van der Waals surface area contributed by atoms with Gasteiger partial charge in [-0.25, -0.2) is 4.39 Å².